The molecule has 1 unspecified atom stereocenters. The van der Waals surface area contributed by atoms with Crippen LogP contribution in [-0.2, 0) is 19.5 Å². The molecule has 0 spiro atoms. The van der Waals surface area contributed by atoms with Gasteiger partial charge in [-0.2, -0.15) is 9.90 Å². The van der Waals surface area contributed by atoms with Crippen LogP contribution in [0.4, 0.5) is 0 Å². The normalized spacial score (nSPS) is 0. The molecule has 0 saturated carbocycles. The summed E-state index contributed by atoms with van der Waals surface area (Å²) in [6.07, 6.45) is 0. The van der Waals surface area contributed by atoms with E-state index < -0.39 is 0 Å². The van der Waals surface area contributed by atoms with Crippen LogP contribution in [0.15, 0.2) is 0 Å². The molecule has 0 aliphatic rings. The van der Waals surface area contributed by atoms with Crippen molar-refractivity contribution in [2.45, 2.75) is 0 Å². The van der Waals surface area contributed by atoms with E-state index in [0.29, 0.717) is 0 Å². The first-order chi connectivity index (χ1) is 0. The third-order valence-electron chi connectivity index (χ3n) is 0. The standard InChI is InChI=1S/2H3N.H3P.Rh/h3*1H3;/q;;;+2. The summed E-state index contributed by atoms with van der Waals surface area (Å²) in [5.41, 5.74) is 0. The molecule has 0 aromatic carbocycles. The van der Waals surface area contributed by atoms with Crippen LogP contribution in [0.25, 0.3) is 0 Å². The molecule has 0 amide bonds. The maximum atomic E-state index is 0. The average molecular weight is 171 g/mol. The Bertz CT molecular complexity index is 6.00. The maximum absolute atomic E-state index is 0. The van der Waals surface area contributed by atoms with E-state index in [1.54, 1.807) is 0 Å². The quantitative estimate of drug-likeness (QED) is 0.408. The zero-order chi connectivity index (χ0) is 0. The summed E-state index contributed by atoms with van der Waals surface area (Å²) in [6, 6.07) is 0. The van der Waals surface area contributed by atoms with Gasteiger partial charge in [0.15, 0.2) is 0 Å². The molecule has 4 heteroatoms. The van der Waals surface area contributed by atoms with Gasteiger partial charge in [0, 0.05) is 0 Å². The molecule has 31 valence electrons. The van der Waals surface area contributed by atoms with Crippen molar-refractivity contribution in [2.24, 2.45) is 0 Å². The smallest absolute Gasteiger partial charge is 0.344 e. The van der Waals surface area contributed by atoms with E-state index in [0.717, 1.165) is 0 Å². The third-order valence-corrected chi connectivity index (χ3v) is 0. The van der Waals surface area contributed by atoms with Gasteiger partial charge >= 0.3 is 19.5 Å². The molecule has 0 aromatic rings. The van der Waals surface area contributed by atoms with Gasteiger partial charge in [-0.3, -0.25) is 0 Å². The Hall–Kier alpha value is 0.973. The van der Waals surface area contributed by atoms with Crippen molar-refractivity contribution >= 4 is 9.90 Å². The Labute approximate surface area is 42.3 Å². The van der Waals surface area contributed by atoms with E-state index in [9.17, 15) is 0 Å². The summed E-state index contributed by atoms with van der Waals surface area (Å²) in [4.78, 5) is 0. The number of hydrogen-bond donors (Lipinski definition) is 2. The minimum absolute atomic E-state index is 0. The van der Waals surface area contributed by atoms with Gasteiger partial charge in [0.05, 0.1) is 0 Å². The first-order valence-corrected chi connectivity index (χ1v) is 0. The predicted molar refractivity (Wildman–Crippen MR) is 21.1 cm³/mol. The van der Waals surface area contributed by atoms with Gasteiger partial charge < -0.3 is 12.3 Å². The van der Waals surface area contributed by atoms with Gasteiger partial charge in [-0.25, -0.2) is 0 Å². The van der Waals surface area contributed by atoms with Crippen LogP contribution < -0.4 is 12.3 Å². The molecule has 1 atom stereocenters. The molecule has 0 aromatic heterocycles. The third kappa shape index (κ3) is 12.2. The van der Waals surface area contributed by atoms with Gasteiger partial charge in [-0.1, -0.05) is 0 Å². The fourth-order valence-corrected chi connectivity index (χ4v) is 0. The molecular formula is H9N2PRh+2. The first kappa shape index (κ1) is 82.9. The van der Waals surface area contributed by atoms with Crippen molar-refractivity contribution in [3.05, 3.63) is 0 Å². The zero-order valence-electron chi connectivity index (χ0n) is 2.45. The largest absolute Gasteiger partial charge is 2.00 e. The van der Waals surface area contributed by atoms with Gasteiger partial charge in [0.2, 0.25) is 0 Å². The Morgan fingerprint density at radius 3 is 0.750 bits per heavy atom. The molecule has 2 nitrogen and oxygen atoms in total. The summed E-state index contributed by atoms with van der Waals surface area (Å²) in [5.74, 6) is 0. The monoisotopic (exact) mass is 171 g/mol. The molecule has 0 bridgehead atoms. The summed E-state index contributed by atoms with van der Waals surface area (Å²) in [7, 11) is 0. The van der Waals surface area contributed by atoms with Crippen LogP contribution in [-0.4, -0.2) is 0 Å². The minimum atomic E-state index is 0. The Morgan fingerprint density at radius 1 is 0.750 bits per heavy atom. The molecule has 0 heterocycles. The topological polar surface area (TPSA) is 70.0 Å². The van der Waals surface area contributed by atoms with Crippen LogP contribution in [0, 0.1) is 0 Å². The fourth-order valence-electron chi connectivity index (χ4n) is 0. The van der Waals surface area contributed by atoms with E-state index in [2.05, 4.69) is 0 Å². The summed E-state index contributed by atoms with van der Waals surface area (Å²) < 4.78 is 0. The summed E-state index contributed by atoms with van der Waals surface area (Å²) in [5, 5.41) is 0. The second kappa shape index (κ2) is 37.1. The van der Waals surface area contributed by atoms with Gasteiger partial charge in [-0.15, -0.1) is 0 Å². The molecule has 4 heavy (non-hydrogen) atoms. The van der Waals surface area contributed by atoms with E-state index in [1.165, 1.54) is 0 Å². The van der Waals surface area contributed by atoms with Crippen molar-refractivity contribution in [3.63, 3.8) is 0 Å². The molecule has 1 radical (unpaired) electrons. The van der Waals surface area contributed by atoms with Crippen LogP contribution >= 0.6 is 9.90 Å². The molecule has 0 aliphatic carbocycles. The van der Waals surface area contributed by atoms with E-state index in [4.69, 9.17) is 0 Å². The second-order valence-corrected chi connectivity index (χ2v) is 0. The molecule has 6 N–H and O–H groups in total. The SMILES string of the molecule is N.N.P.[Rh+2]. The van der Waals surface area contributed by atoms with Gasteiger partial charge in [-0.05, 0) is 0 Å². The molecule has 0 aliphatic heterocycles. The second-order valence-electron chi connectivity index (χ2n) is 0. The average Bonchev–Trinajstić information content (AvgIpc) is 0. The van der Waals surface area contributed by atoms with Crippen LogP contribution in [0.3, 0.4) is 0 Å². The van der Waals surface area contributed by atoms with Crippen molar-refractivity contribution in [2.75, 3.05) is 0 Å². The van der Waals surface area contributed by atoms with Crippen LogP contribution in [0.1, 0.15) is 0 Å². The molecule has 0 saturated heterocycles. The van der Waals surface area contributed by atoms with Gasteiger partial charge in [0.1, 0.15) is 0 Å². The number of hydrogen-bond acceptors (Lipinski definition) is 2. The van der Waals surface area contributed by atoms with Crippen LogP contribution in [0.2, 0.25) is 0 Å². The predicted octanol–water partition coefficient (Wildman–Crippen LogP) is 0.380. The van der Waals surface area contributed by atoms with Gasteiger partial charge in [0.25, 0.3) is 0 Å². The van der Waals surface area contributed by atoms with Crippen molar-refractivity contribution < 1.29 is 19.5 Å². The van der Waals surface area contributed by atoms with E-state index >= 15 is 0 Å². The first-order valence-electron chi connectivity index (χ1n) is 0. The van der Waals surface area contributed by atoms with Crippen molar-refractivity contribution in [1.29, 1.82) is 0 Å². The zero-order valence-corrected chi connectivity index (χ0v) is 5.51. The summed E-state index contributed by atoms with van der Waals surface area (Å²) >= 11 is 0. The van der Waals surface area contributed by atoms with Crippen molar-refractivity contribution in [3.8, 4) is 0 Å². The molecular weight excluding hydrogens is 162 g/mol. The van der Waals surface area contributed by atoms with Crippen LogP contribution in [0.5, 0.6) is 0 Å². The maximum Gasteiger partial charge on any atom is 2.00 e. The molecule has 0 rings (SSSR count). The Kier molecular flexibility index (Phi) is 768. The minimum Gasteiger partial charge on any atom is -0.344 e. The molecule has 0 fully saturated rings. The van der Waals surface area contributed by atoms with Crippen molar-refractivity contribution in [1.82, 2.24) is 12.3 Å². The fraction of sp³-hybridized carbons (Fsp3) is 0. The van der Waals surface area contributed by atoms with E-state index in [1.807, 2.05) is 0 Å². The number of rotatable bonds is 0. The Morgan fingerprint density at radius 2 is 0.750 bits per heavy atom. The summed E-state index contributed by atoms with van der Waals surface area (Å²) in [6.45, 7) is 0. The Balaban J connectivity index is 0. The van der Waals surface area contributed by atoms with E-state index in [-0.39, 0.29) is 41.7 Å².